The minimum absolute atomic E-state index is 0.203. The van der Waals surface area contributed by atoms with Gasteiger partial charge >= 0.3 is 0 Å². The summed E-state index contributed by atoms with van der Waals surface area (Å²) in [5, 5.41) is 8.60. The lowest BCUT2D eigenvalue weighted by molar-refractivity contribution is -0.659. The summed E-state index contributed by atoms with van der Waals surface area (Å²) in [4.78, 5) is 2.88. The maximum Gasteiger partial charge on any atom is 0.222 e. The summed E-state index contributed by atoms with van der Waals surface area (Å²) in [6, 6.07) is 19.0. The molecule has 1 aromatic heterocycles. The van der Waals surface area contributed by atoms with Crippen molar-refractivity contribution in [1.29, 1.82) is 0 Å². The highest BCUT2D eigenvalue weighted by Crippen LogP contribution is 2.54. The maximum atomic E-state index is 2.50. The second-order valence-corrected chi connectivity index (χ2v) is 14.6. The van der Waals surface area contributed by atoms with Gasteiger partial charge in [-0.3, -0.25) is 0 Å². The summed E-state index contributed by atoms with van der Waals surface area (Å²) in [6.07, 6.45) is 10.2. The summed E-state index contributed by atoms with van der Waals surface area (Å²) in [5.74, 6) is 0.837. The van der Waals surface area contributed by atoms with E-state index in [9.17, 15) is 0 Å². The predicted molar refractivity (Wildman–Crippen MR) is 168 cm³/mol. The van der Waals surface area contributed by atoms with Gasteiger partial charge in [-0.25, -0.2) is 4.57 Å². The van der Waals surface area contributed by atoms with Crippen molar-refractivity contribution >= 4 is 44.1 Å². The van der Waals surface area contributed by atoms with Gasteiger partial charge in [0.1, 0.15) is 7.05 Å². The zero-order valence-electron chi connectivity index (χ0n) is 24.4. The third-order valence-electron chi connectivity index (χ3n) is 9.23. The molecule has 7 rings (SSSR count). The largest absolute Gasteiger partial charge is 0.222 e. The van der Waals surface area contributed by atoms with Gasteiger partial charge in [0.15, 0.2) is 6.20 Å². The molecule has 0 N–H and O–H groups in total. The second-order valence-electron chi connectivity index (χ2n) is 13.5. The standard InChI is InChI=1S/C37H40NS/c1-22-14-15-27-29(18-22)23(2)32-35-34-28(16-17-38(35)6)33-25(19-24-10-7-8-11-24)12-9-13-26(33)20-31(34)39-36(32)30(27)21-37(3,4)5/h9,12-18,20,24H,7-8,10-11,19,21H2,1-6H3/q+1. The van der Waals surface area contributed by atoms with Gasteiger partial charge < -0.3 is 0 Å². The van der Waals surface area contributed by atoms with E-state index in [0.29, 0.717) is 0 Å². The highest BCUT2D eigenvalue weighted by atomic mass is 32.2. The van der Waals surface area contributed by atoms with Crippen LogP contribution in [0.25, 0.3) is 43.6 Å². The first kappa shape index (κ1) is 25.1. The zero-order valence-corrected chi connectivity index (χ0v) is 25.2. The lowest BCUT2D eigenvalue weighted by atomic mass is 9.82. The lowest BCUT2D eigenvalue weighted by Gasteiger charge is -2.28. The van der Waals surface area contributed by atoms with Crippen molar-refractivity contribution in [2.45, 2.75) is 82.9 Å². The van der Waals surface area contributed by atoms with E-state index in [1.54, 1.807) is 5.56 Å². The molecule has 1 nitrogen and oxygen atoms in total. The monoisotopic (exact) mass is 530 g/mol. The molecule has 1 saturated carbocycles. The number of benzene rings is 4. The van der Waals surface area contributed by atoms with Crippen LogP contribution in [0, 0.1) is 25.2 Å². The van der Waals surface area contributed by atoms with Crippen molar-refractivity contribution in [3.8, 4) is 11.3 Å². The molecule has 2 aliphatic rings. The summed E-state index contributed by atoms with van der Waals surface area (Å²) in [5.41, 5.74) is 8.86. The Morgan fingerprint density at radius 3 is 2.46 bits per heavy atom. The van der Waals surface area contributed by atoms with Crippen LogP contribution in [0.3, 0.4) is 0 Å². The Kier molecular flexibility index (Phi) is 5.87. The smallest absolute Gasteiger partial charge is 0.200 e. The molecule has 1 aliphatic carbocycles. The molecule has 0 bridgehead atoms. The SMILES string of the molecule is Cc1ccc2c(CC(C)(C)C)c3c(c(C)c2c1)-c1c2c(cc4cccc(CC5CCCC5)c4c2cc[n+]1C)S3. The Labute approximate surface area is 237 Å². The van der Waals surface area contributed by atoms with E-state index >= 15 is 0 Å². The van der Waals surface area contributed by atoms with Crippen LogP contribution in [0.2, 0.25) is 0 Å². The number of rotatable bonds is 3. The van der Waals surface area contributed by atoms with Gasteiger partial charge in [0.25, 0.3) is 0 Å². The van der Waals surface area contributed by atoms with Gasteiger partial charge in [0.05, 0.1) is 10.9 Å². The van der Waals surface area contributed by atoms with Crippen LogP contribution < -0.4 is 4.57 Å². The Morgan fingerprint density at radius 2 is 1.69 bits per heavy atom. The van der Waals surface area contributed by atoms with Crippen LogP contribution >= 0.6 is 11.8 Å². The van der Waals surface area contributed by atoms with Crippen LogP contribution in [0.4, 0.5) is 0 Å². The van der Waals surface area contributed by atoms with Gasteiger partial charge in [-0.15, -0.1) is 0 Å². The molecule has 5 aromatic rings. The molecule has 0 spiro atoms. The van der Waals surface area contributed by atoms with E-state index in [0.717, 1.165) is 12.3 Å². The molecule has 0 amide bonds. The normalized spacial score (nSPS) is 15.5. The Morgan fingerprint density at radius 1 is 0.897 bits per heavy atom. The van der Waals surface area contributed by atoms with Crippen molar-refractivity contribution < 1.29 is 4.57 Å². The van der Waals surface area contributed by atoms with Gasteiger partial charge in [0, 0.05) is 21.2 Å². The Bertz CT molecular complexity index is 1800. The summed E-state index contributed by atoms with van der Waals surface area (Å²) < 4.78 is 2.39. The fourth-order valence-corrected chi connectivity index (χ4v) is 8.86. The van der Waals surface area contributed by atoms with Crippen molar-refractivity contribution in [3.63, 3.8) is 0 Å². The first-order chi connectivity index (χ1) is 18.7. The first-order valence-corrected chi connectivity index (χ1v) is 15.6. The first-order valence-electron chi connectivity index (χ1n) is 14.8. The third-order valence-corrected chi connectivity index (χ3v) is 10.4. The average Bonchev–Trinajstić information content (AvgIpc) is 3.40. The number of hydrogen-bond donors (Lipinski definition) is 0. The summed E-state index contributed by atoms with van der Waals surface area (Å²) in [7, 11) is 2.25. The van der Waals surface area contributed by atoms with Gasteiger partial charge in [0.2, 0.25) is 5.69 Å². The zero-order chi connectivity index (χ0) is 27.1. The van der Waals surface area contributed by atoms with Gasteiger partial charge in [-0.2, -0.15) is 0 Å². The van der Waals surface area contributed by atoms with Gasteiger partial charge in [-0.1, -0.05) is 100 Å². The lowest BCUT2D eigenvalue weighted by Crippen LogP contribution is -2.32. The quantitative estimate of drug-likeness (QED) is 0.163. The van der Waals surface area contributed by atoms with Crippen molar-refractivity contribution in [1.82, 2.24) is 0 Å². The van der Waals surface area contributed by atoms with Crippen LogP contribution in [0.15, 0.2) is 64.5 Å². The minimum atomic E-state index is 0.203. The topological polar surface area (TPSA) is 3.88 Å². The predicted octanol–water partition coefficient (Wildman–Crippen LogP) is 10.0. The van der Waals surface area contributed by atoms with E-state index in [-0.39, 0.29) is 5.41 Å². The van der Waals surface area contributed by atoms with E-state index in [2.05, 4.69) is 101 Å². The maximum absolute atomic E-state index is 2.50. The number of pyridine rings is 1. The molecule has 0 radical (unpaired) electrons. The molecule has 39 heavy (non-hydrogen) atoms. The van der Waals surface area contributed by atoms with E-state index < -0.39 is 0 Å². The fraction of sp³-hybridized carbons (Fsp3) is 0.378. The third kappa shape index (κ3) is 4.10. The molecule has 2 heterocycles. The molecule has 1 fully saturated rings. The molecular weight excluding hydrogens is 490 g/mol. The number of aryl methyl sites for hydroxylation is 3. The molecule has 0 saturated heterocycles. The molecule has 1 aliphatic heterocycles. The van der Waals surface area contributed by atoms with Crippen LogP contribution in [-0.2, 0) is 19.9 Å². The number of hydrogen-bond acceptors (Lipinski definition) is 1. The Hall–Kier alpha value is -2.84. The van der Waals surface area contributed by atoms with Crippen molar-refractivity contribution in [2.75, 3.05) is 0 Å². The van der Waals surface area contributed by atoms with Crippen molar-refractivity contribution in [2.24, 2.45) is 18.4 Å². The van der Waals surface area contributed by atoms with Gasteiger partial charge in [-0.05, 0) is 82.3 Å². The highest BCUT2D eigenvalue weighted by Gasteiger charge is 2.33. The molecule has 198 valence electrons. The van der Waals surface area contributed by atoms with E-state index in [1.165, 1.54) is 102 Å². The molecular formula is C37H40NS+. The summed E-state index contributed by atoms with van der Waals surface area (Å²) in [6.45, 7) is 11.7. The second kappa shape index (κ2) is 9.10. The highest BCUT2D eigenvalue weighted by molar-refractivity contribution is 8.00. The van der Waals surface area contributed by atoms with Crippen LogP contribution in [0.5, 0.6) is 0 Å². The van der Waals surface area contributed by atoms with Crippen LogP contribution in [-0.4, -0.2) is 0 Å². The molecule has 0 unspecified atom stereocenters. The summed E-state index contributed by atoms with van der Waals surface area (Å²) >= 11 is 2.02. The number of fused-ring (bicyclic) bond motifs is 5. The molecule has 4 aromatic carbocycles. The molecule has 0 atom stereocenters. The average molecular weight is 531 g/mol. The number of aromatic nitrogens is 1. The van der Waals surface area contributed by atoms with E-state index in [1.807, 2.05) is 11.8 Å². The number of nitrogens with zero attached hydrogens (tertiary/aromatic N) is 1. The van der Waals surface area contributed by atoms with Crippen molar-refractivity contribution in [3.05, 3.63) is 77.0 Å². The minimum Gasteiger partial charge on any atom is -0.200 e. The van der Waals surface area contributed by atoms with E-state index in [4.69, 9.17) is 0 Å². The fourth-order valence-electron chi connectivity index (χ4n) is 7.49. The Balaban J connectivity index is 1.58. The molecule has 2 heteroatoms. The van der Waals surface area contributed by atoms with Crippen LogP contribution in [0.1, 0.15) is 68.7 Å².